The Balaban J connectivity index is 1.90. The molecule has 4 nitrogen and oxygen atoms in total. The van der Waals surface area contributed by atoms with Crippen molar-refractivity contribution in [1.29, 1.82) is 0 Å². The van der Waals surface area contributed by atoms with Crippen LogP contribution in [0.15, 0.2) is 17.5 Å². The second-order valence-electron chi connectivity index (χ2n) is 6.81. The second kappa shape index (κ2) is 7.47. The number of hydrogen-bond acceptors (Lipinski definition) is 4. The Hall–Kier alpha value is -1.07. The van der Waals surface area contributed by atoms with E-state index in [1.807, 2.05) is 31.7 Å². The highest BCUT2D eigenvalue weighted by Crippen LogP contribution is 2.25. The number of amides is 1. The molecule has 0 unspecified atom stereocenters. The van der Waals surface area contributed by atoms with Crippen molar-refractivity contribution in [2.75, 3.05) is 13.2 Å². The smallest absolute Gasteiger partial charge is 0.410 e. The van der Waals surface area contributed by atoms with E-state index in [4.69, 9.17) is 9.47 Å². The fourth-order valence-corrected chi connectivity index (χ4v) is 3.33. The lowest BCUT2D eigenvalue weighted by atomic mass is 10.0. The summed E-state index contributed by atoms with van der Waals surface area (Å²) in [6.45, 7) is 9.10. The van der Waals surface area contributed by atoms with Gasteiger partial charge in [0.05, 0.1) is 18.8 Å². The van der Waals surface area contributed by atoms with E-state index in [1.165, 1.54) is 4.88 Å². The summed E-state index contributed by atoms with van der Waals surface area (Å²) in [7, 11) is 0. The van der Waals surface area contributed by atoms with Crippen LogP contribution >= 0.6 is 11.3 Å². The molecule has 1 aliphatic rings. The molecule has 0 N–H and O–H groups in total. The number of rotatable bonds is 4. The van der Waals surface area contributed by atoms with E-state index in [0.29, 0.717) is 6.61 Å². The van der Waals surface area contributed by atoms with Crippen molar-refractivity contribution in [3.63, 3.8) is 0 Å². The highest BCUT2D eigenvalue weighted by molar-refractivity contribution is 7.10. The number of carbonyl (C=O) groups is 1. The number of carbonyl (C=O) groups excluding carboxylic acids is 1. The number of ether oxygens (including phenoxy) is 2. The first-order chi connectivity index (χ1) is 10.4. The van der Waals surface area contributed by atoms with Crippen molar-refractivity contribution in [3.05, 3.63) is 22.4 Å². The summed E-state index contributed by atoms with van der Waals surface area (Å²) in [5, 5.41) is 2.06. The van der Waals surface area contributed by atoms with Crippen molar-refractivity contribution in [2.24, 2.45) is 0 Å². The van der Waals surface area contributed by atoms with E-state index in [9.17, 15) is 4.79 Å². The predicted molar refractivity (Wildman–Crippen MR) is 89.3 cm³/mol. The number of thiophene rings is 1. The Morgan fingerprint density at radius 3 is 2.86 bits per heavy atom. The van der Waals surface area contributed by atoms with Gasteiger partial charge in [-0.25, -0.2) is 4.79 Å². The SMILES string of the molecule is C[C@H](OC[C@@H]1CCCCN1C(=O)OC(C)(C)C)c1cccs1. The van der Waals surface area contributed by atoms with Crippen molar-refractivity contribution in [2.45, 2.75) is 64.7 Å². The van der Waals surface area contributed by atoms with E-state index < -0.39 is 5.60 Å². The first-order valence-electron chi connectivity index (χ1n) is 8.01. The molecule has 124 valence electrons. The Morgan fingerprint density at radius 1 is 1.45 bits per heavy atom. The topological polar surface area (TPSA) is 38.8 Å². The Labute approximate surface area is 137 Å². The summed E-state index contributed by atoms with van der Waals surface area (Å²) in [6, 6.07) is 4.24. The zero-order valence-electron chi connectivity index (χ0n) is 14.0. The van der Waals surface area contributed by atoms with Crippen molar-refractivity contribution in [3.8, 4) is 0 Å². The summed E-state index contributed by atoms with van der Waals surface area (Å²) < 4.78 is 11.5. The third-order valence-electron chi connectivity index (χ3n) is 3.74. The highest BCUT2D eigenvalue weighted by atomic mass is 32.1. The molecule has 0 aliphatic carbocycles. The van der Waals surface area contributed by atoms with Gasteiger partial charge in [0.1, 0.15) is 5.60 Å². The Kier molecular flexibility index (Phi) is 5.87. The molecule has 0 spiro atoms. The van der Waals surface area contributed by atoms with Crippen molar-refractivity contribution in [1.82, 2.24) is 4.90 Å². The van der Waals surface area contributed by atoms with Gasteiger partial charge in [-0.15, -0.1) is 11.3 Å². The van der Waals surface area contributed by atoms with Gasteiger partial charge in [-0.3, -0.25) is 0 Å². The summed E-state index contributed by atoms with van der Waals surface area (Å²) in [5.74, 6) is 0. The Morgan fingerprint density at radius 2 is 2.23 bits per heavy atom. The van der Waals surface area contributed by atoms with Crippen LogP contribution in [0.4, 0.5) is 4.79 Å². The third-order valence-corrected chi connectivity index (χ3v) is 4.77. The number of likely N-dealkylation sites (tertiary alicyclic amines) is 1. The molecule has 0 aromatic carbocycles. The molecule has 2 heterocycles. The number of hydrogen-bond donors (Lipinski definition) is 0. The molecular formula is C17H27NO3S. The van der Waals surface area contributed by atoms with E-state index in [0.717, 1.165) is 25.8 Å². The van der Waals surface area contributed by atoms with Crippen LogP contribution < -0.4 is 0 Å². The van der Waals surface area contributed by atoms with Crippen molar-refractivity contribution < 1.29 is 14.3 Å². The zero-order valence-corrected chi connectivity index (χ0v) is 14.8. The van der Waals surface area contributed by atoms with E-state index in [1.54, 1.807) is 11.3 Å². The van der Waals surface area contributed by atoms with Gasteiger partial charge in [-0.05, 0) is 58.4 Å². The number of piperidine rings is 1. The lowest BCUT2D eigenvalue weighted by molar-refractivity contribution is -0.0204. The maximum absolute atomic E-state index is 12.3. The van der Waals surface area contributed by atoms with E-state index in [-0.39, 0.29) is 18.2 Å². The molecule has 2 atom stereocenters. The first kappa shape index (κ1) is 17.3. The van der Waals surface area contributed by atoms with Gasteiger partial charge in [0.25, 0.3) is 0 Å². The maximum Gasteiger partial charge on any atom is 0.410 e. The van der Waals surface area contributed by atoms with Crippen molar-refractivity contribution >= 4 is 17.4 Å². The molecule has 0 radical (unpaired) electrons. The average Bonchev–Trinajstić information content (AvgIpc) is 2.97. The zero-order chi connectivity index (χ0) is 16.2. The average molecular weight is 325 g/mol. The van der Waals surface area contributed by atoms with Crippen LogP contribution in [0.2, 0.25) is 0 Å². The van der Waals surface area contributed by atoms with E-state index >= 15 is 0 Å². The van der Waals surface area contributed by atoms with Crippen LogP contribution in [-0.2, 0) is 9.47 Å². The molecule has 0 saturated carbocycles. The Bertz CT molecular complexity index is 467. The predicted octanol–water partition coefficient (Wildman–Crippen LogP) is 4.62. The van der Waals surface area contributed by atoms with Gasteiger partial charge >= 0.3 is 6.09 Å². The molecular weight excluding hydrogens is 298 g/mol. The monoisotopic (exact) mass is 325 g/mol. The van der Waals surface area contributed by atoms with Gasteiger partial charge in [-0.1, -0.05) is 6.07 Å². The molecule has 1 amide bonds. The fraction of sp³-hybridized carbons (Fsp3) is 0.706. The quantitative estimate of drug-likeness (QED) is 0.811. The second-order valence-corrected chi connectivity index (χ2v) is 7.79. The number of nitrogens with zero attached hydrogens (tertiary/aromatic N) is 1. The molecule has 1 fully saturated rings. The van der Waals surface area contributed by atoms with Crippen LogP contribution in [0.3, 0.4) is 0 Å². The van der Waals surface area contributed by atoms with Gasteiger partial charge in [0, 0.05) is 11.4 Å². The molecule has 5 heteroatoms. The normalized spacial score (nSPS) is 20.7. The van der Waals surface area contributed by atoms with Crippen LogP contribution in [0.5, 0.6) is 0 Å². The van der Waals surface area contributed by atoms with Gasteiger partial charge in [-0.2, -0.15) is 0 Å². The largest absolute Gasteiger partial charge is 0.444 e. The summed E-state index contributed by atoms with van der Waals surface area (Å²) >= 11 is 1.70. The molecule has 1 aliphatic heterocycles. The molecule has 0 bridgehead atoms. The third kappa shape index (κ3) is 4.99. The molecule has 22 heavy (non-hydrogen) atoms. The highest BCUT2D eigenvalue weighted by Gasteiger charge is 2.30. The van der Waals surface area contributed by atoms with Crippen LogP contribution in [-0.4, -0.2) is 35.8 Å². The molecule has 1 aromatic heterocycles. The molecule has 1 saturated heterocycles. The standard InChI is InChI=1S/C17H27NO3S/c1-13(15-9-7-11-22-15)20-12-14-8-5-6-10-18(14)16(19)21-17(2,3)4/h7,9,11,13-14H,5-6,8,10,12H2,1-4H3/t13-,14-/m0/s1. The minimum atomic E-state index is -0.454. The fourth-order valence-electron chi connectivity index (χ4n) is 2.59. The van der Waals surface area contributed by atoms with Crippen LogP contribution in [0.25, 0.3) is 0 Å². The van der Waals surface area contributed by atoms with Gasteiger partial charge < -0.3 is 14.4 Å². The van der Waals surface area contributed by atoms with E-state index in [2.05, 4.69) is 18.4 Å². The minimum Gasteiger partial charge on any atom is -0.444 e. The summed E-state index contributed by atoms with van der Waals surface area (Å²) in [5.41, 5.74) is -0.454. The molecule has 2 rings (SSSR count). The molecule has 1 aromatic rings. The van der Waals surface area contributed by atoms with Gasteiger partial charge in [0.2, 0.25) is 0 Å². The van der Waals surface area contributed by atoms with Gasteiger partial charge in [0.15, 0.2) is 0 Å². The van der Waals surface area contributed by atoms with Crippen LogP contribution in [0, 0.1) is 0 Å². The lowest BCUT2D eigenvalue weighted by Crippen LogP contribution is -2.48. The van der Waals surface area contributed by atoms with Crippen LogP contribution in [0.1, 0.15) is 57.9 Å². The minimum absolute atomic E-state index is 0.0717. The first-order valence-corrected chi connectivity index (χ1v) is 8.89. The lowest BCUT2D eigenvalue weighted by Gasteiger charge is -2.37. The summed E-state index contributed by atoms with van der Waals surface area (Å²) in [6.07, 6.45) is 3.01. The summed E-state index contributed by atoms with van der Waals surface area (Å²) in [4.78, 5) is 15.4. The maximum atomic E-state index is 12.3.